The number of amides is 1. The topological polar surface area (TPSA) is 156 Å². The fraction of sp³-hybridized carbons (Fsp3) is 0.467. The number of methoxy groups -OCH3 is 1. The number of aldehydes is 1. The van der Waals surface area contributed by atoms with Crippen LogP contribution < -0.4 is 10.1 Å². The van der Waals surface area contributed by atoms with Gasteiger partial charge in [0.1, 0.15) is 23.0 Å². The van der Waals surface area contributed by atoms with Gasteiger partial charge in [0.05, 0.1) is 7.11 Å². The molecule has 0 bridgehead atoms. The lowest BCUT2D eigenvalue weighted by atomic mass is 9.98. The number of ether oxygens (including phenoxy) is 5. The van der Waals surface area contributed by atoms with Gasteiger partial charge in [0.15, 0.2) is 12.0 Å². The third-order valence-electron chi connectivity index (χ3n) is 5.33. The zero-order chi connectivity index (χ0) is 31.7. The Kier molecular flexibility index (Phi) is 11.6. The van der Waals surface area contributed by atoms with Gasteiger partial charge in [-0.3, -0.25) is 9.59 Å². The summed E-state index contributed by atoms with van der Waals surface area (Å²) in [4.78, 5) is 66.4. The average Bonchev–Trinajstić information content (AvgIpc) is 2.88. The third kappa shape index (κ3) is 10.8. The maximum absolute atomic E-state index is 13.0. The molecule has 0 aliphatic rings. The van der Waals surface area contributed by atoms with Crippen molar-refractivity contribution >= 4 is 30.3 Å². The van der Waals surface area contributed by atoms with Gasteiger partial charge in [0.2, 0.25) is 6.79 Å². The van der Waals surface area contributed by atoms with Crippen LogP contribution in [-0.2, 0) is 28.5 Å². The second kappa shape index (κ2) is 14.4. The monoisotopic (exact) mass is 586 g/mol. The summed E-state index contributed by atoms with van der Waals surface area (Å²) in [6, 6.07) is 6.72. The van der Waals surface area contributed by atoms with E-state index in [-0.39, 0.29) is 18.5 Å². The van der Waals surface area contributed by atoms with Gasteiger partial charge in [-0.15, -0.1) is 0 Å². The molecule has 0 saturated heterocycles. The first-order valence-corrected chi connectivity index (χ1v) is 13.2. The lowest BCUT2D eigenvalue weighted by Crippen LogP contribution is -2.44. The standard InChI is InChI=1S/C30H38N2O10/c1-18-9-12-21(22-15-20(38-8)11-10-19(22)16-33)25(31-18)27(36)40-17-39-26(35)23(32-28(37)42-30(5,6)7)13-14-24(34)41-29(2,3)4/h9-12,15-16,23H,13-14,17H2,1-8H3,(H,32,37). The Labute approximate surface area is 245 Å². The van der Waals surface area contributed by atoms with E-state index < -0.39 is 48.0 Å². The highest BCUT2D eigenvalue weighted by atomic mass is 16.7. The molecule has 0 saturated carbocycles. The van der Waals surface area contributed by atoms with Crippen LogP contribution in [0.5, 0.6) is 5.75 Å². The molecule has 12 heteroatoms. The molecule has 1 aromatic heterocycles. The zero-order valence-corrected chi connectivity index (χ0v) is 25.2. The first-order valence-electron chi connectivity index (χ1n) is 13.2. The number of hydrogen-bond acceptors (Lipinski definition) is 11. The number of benzene rings is 1. The Hall–Kier alpha value is -4.48. The van der Waals surface area contributed by atoms with E-state index in [1.807, 2.05) is 0 Å². The van der Waals surface area contributed by atoms with E-state index in [0.717, 1.165) is 0 Å². The highest BCUT2D eigenvalue weighted by molar-refractivity contribution is 5.99. The number of nitrogens with one attached hydrogen (secondary N) is 1. The van der Waals surface area contributed by atoms with E-state index in [9.17, 15) is 24.0 Å². The van der Waals surface area contributed by atoms with E-state index in [4.69, 9.17) is 23.7 Å². The van der Waals surface area contributed by atoms with Crippen molar-refractivity contribution in [1.82, 2.24) is 10.3 Å². The number of carbonyl (C=O) groups is 5. The largest absolute Gasteiger partial charge is 0.497 e. The van der Waals surface area contributed by atoms with Crippen molar-refractivity contribution < 1.29 is 47.7 Å². The minimum Gasteiger partial charge on any atom is -0.497 e. The zero-order valence-electron chi connectivity index (χ0n) is 25.2. The van der Waals surface area contributed by atoms with E-state index in [1.165, 1.54) is 7.11 Å². The van der Waals surface area contributed by atoms with Gasteiger partial charge in [0, 0.05) is 23.2 Å². The van der Waals surface area contributed by atoms with Crippen molar-refractivity contribution in [3.63, 3.8) is 0 Å². The van der Waals surface area contributed by atoms with Gasteiger partial charge in [-0.25, -0.2) is 19.4 Å². The molecule has 0 aliphatic carbocycles. The van der Waals surface area contributed by atoms with E-state index in [0.29, 0.717) is 34.4 Å². The first-order chi connectivity index (χ1) is 19.5. The quantitative estimate of drug-likeness (QED) is 0.170. The Balaban J connectivity index is 2.17. The third-order valence-corrected chi connectivity index (χ3v) is 5.33. The molecule has 0 spiro atoms. The molecule has 1 N–H and O–H groups in total. The van der Waals surface area contributed by atoms with E-state index in [2.05, 4.69) is 10.3 Å². The highest BCUT2D eigenvalue weighted by Crippen LogP contribution is 2.30. The molecule has 0 aliphatic heterocycles. The molecule has 0 radical (unpaired) electrons. The van der Waals surface area contributed by atoms with Crippen LogP contribution in [0, 0.1) is 6.92 Å². The second-order valence-electron chi connectivity index (χ2n) is 11.3. The summed E-state index contributed by atoms with van der Waals surface area (Å²) in [6.45, 7) is 10.9. The molecule has 1 amide bonds. The summed E-state index contributed by atoms with van der Waals surface area (Å²) in [7, 11) is 1.47. The fourth-order valence-electron chi connectivity index (χ4n) is 3.59. The molecule has 1 aromatic carbocycles. The van der Waals surface area contributed by atoms with Crippen LogP contribution in [0.25, 0.3) is 11.1 Å². The van der Waals surface area contributed by atoms with Crippen LogP contribution in [0.15, 0.2) is 30.3 Å². The maximum Gasteiger partial charge on any atom is 0.408 e. The molecule has 2 rings (SSSR count). The molecule has 2 aromatic rings. The highest BCUT2D eigenvalue weighted by Gasteiger charge is 2.28. The van der Waals surface area contributed by atoms with Crippen LogP contribution in [-0.4, -0.2) is 66.4 Å². The summed E-state index contributed by atoms with van der Waals surface area (Å²) in [5.41, 5.74) is -0.200. The smallest absolute Gasteiger partial charge is 0.408 e. The Bertz CT molecular complexity index is 1310. The Morgan fingerprint density at radius 2 is 1.60 bits per heavy atom. The van der Waals surface area contributed by atoms with Crippen LogP contribution in [0.2, 0.25) is 0 Å². The van der Waals surface area contributed by atoms with Crippen molar-refractivity contribution in [3.05, 3.63) is 47.3 Å². The van der Waals surface area contributed by atoms with Crippen molar-refractivity contribution in [2.75, 3.05) is 13.9 Å². The number of aryl methyl sites for hydroxylation is 1. The number of rotatable bonds is 11. The van der Waals surface area contributed by atoms with Crippen molar-refractivity contribution in [2.24, 2.45) is 0 Å². The van der Waals surface area contributed by atoms with Crippen molar-refractivity contribution in [3.8, 4) is 16.9 Å². The molecular formula is C30H38N2O10. The summed E-state index contributed by atoms with van der Waals surface area (Å²) in [5, 5.41) is 2.38. The predicted molar refractivity (Wildman–Crippen MR) is 151 cm³/mol. The van der Waals surface area contributed by atoms with Crippen LogP contribution in [0.4, 0.5) is 4.79 Å². The summed E-state index contributed by atoms with van der Waals surface area (Å²) >= 11 is 0. The van der Waals surface area contributed by atoms with E-state index in [1.54, 1.807) is 78.8 Å². The summed E-state index contributed by atoms with van der Waals surface area (Å²) in [6.07, 6.45) is -0.624. The van der Waals surface area contributed by atoms with Crippen LogP contribution in [0.3, 0.4) is 0 Å². The van der Waals surface area contributed by atoms with Crippen LogP contribution >= 0.6 is 0 Å². The number of aromatic nitrogens is 1. The van der Waals surface area contributed by atoms with E-state index >= 15 is 0 Å². The molecule has 12 nitrogen and oxygen atoms in total. The number of hydrogen-bond donors (Lipinski definition) is 1. The minimum atomic E-state index is -1.30. The molecule has 1 unspecified atom stereocenters. The maximum atomic E-state index is 13.0. The van der Waals surface area contributed by atoms with Gasteiger partial charge in [0.25, 0.3) is 0 Å². The lowest BCUT2D eigenvalue weighted by Gasteiger charge is -2.23. The van der Waals surface area contributed by atoms with Gasteiger partial charge in [-0.2, -0.15) is 0 Å². The first kappa shape index (κ1) is 33.7. The number of pyridine rings is 1. The molecule has 42 heavy (non-hydrogen) atoms. The van der Waals surface area contributed by atoms with Gasteiger partial charge in [-0.05, 0) is 84.7 Å². The SMILES string of the molecule is COc1ccc(C=O)c(-c2ccc(C)nc2C(=O)OCOC(=O)C(CCC(=O)OC(C)(C)C)NC(=O)OC(C)(C)C)c1. The van der Waals surface area contributed by atoms with Crippen LogP contribution in [0.1, 0.15) is 80.9 Å². The Morgan fingerprint density at radius 1 is 0.929 bits per heavy atom. The normalized spacial score (nSPS) is 12.0. The number of esters is 3. The Morgan fingerprint density at radius 3 is 2.19 bits per heavy atom. The average molecular weight is 587 g/mol. The fourth-order valence-corrected chi connectivity index (χ4v) is 3.59. The van der Waals surface area contributed by atoms with Crippen molar-refractivity contribution in [1.29, 1.82) is 0 Å². The van der Waals surface area contributed by atoms with Gasteiger partial charge >= 0.3 is 24.0 Å². The number of nitrogens with zero attached hydrogens (tertiary/aromatic N) is 1. The summed E-state index contributed by atoms with van der Waals surface area (Å²) in [5.74, 6) is -2.01. The molecular weight excluding hydrogens is 548 g/mol. The summed E-state index contributed by atoms with van der Waals surface area (Å²) < 4.78 is 26.0. The predicted octanol–water partition coefficient (Wildman–Crippen LogP) is 4.55. The van der Waals surface area contributed by atoms with Gasteiger partial charge < -0.3 is 29.0 Å². The second-order valence-corrected chi connectivity index (χ2v) is 11.3. The number of carbonyl (C=O) groups excluding carboxylic acids is 5. The molecule has 1 heterocycles. The van der Waals surface area contributed by atoms with Gasteiger partial charge in [-0.1, -0.05) is 6.07 Å². The molecule has 228 valence electrons. The number of alkyl carbamates (subject to hydrolysis) is 1. The molecule has 1 atom stereocenters. The minimum absolute atomic E-state index is 0.115. The lowest BCUT2D eigenvalue weighted by molar-refractivity contribution is -0.157. The molecule has 0 fully saturated rings. The van der Waals surface area contributed by atoms with Crippen molar-refractivity contribution in [2.45, 2.75) is 78.6 Å².